The van der Waals surface area contributed by atoms with Gasteiger partial charge in [-0.15, -0.1) is 0 Å². The van der Waals surface area contributed by atoms with E-state index in [0.29, 0.717) is 17.4 Å². The normalized spacial score (nSPS) is 11.5. The van der Waals surface area contributed by atoms with Crippen molar-refractivity contribution in [3.8, 4) is 11.5 Å². The zero-order valence-electron chi connectivity index (χ0n) is 19.7. The van der Waals surface area contributed by atoms with Gasteiger partial charge in [-0.25, -0.2) is 4.79 Å². The summed E-state index contributed by atoms with van der Waals surface area (Å²) in [5.41, 5.74) is 4.30. The fourth-order valence-electron chi connectivity index (χ4n) is 3.75. The summed E-state index contributed by atoms with van der Waals surface area (Å²) < 4.78 is 11.0. The van der Waals surface area contributed by atoms with E-state index in [4.69, 9.17) is 9.47 Å². The summed E-state index contributed by atoms with van der Waals surface area (Å²) in [6.45, 7) is 4.31. The van der Waals surface area contributed by atoms with E-state index >= 15 is 0 Å². The van der Waals surface area contributed by atoms with Crippen LogP contribution in [0.25, 0.3) is 29.0 Å². The van der Waals surface area contributed by atoms with Crippen LogP contribution in [0.15, 0.2) is 91.0 Å². The van der Waals surface area contributed by atoms with Crippen molar-refractivity contribution < 1.29 is 14.3 Å². The number of esters is 1. The van der Waals surface area contributed by atoms with Crippen molar-refractivity contribution in [2.24, 2.45) is 0 Å². The van der Waals surface area contributed by atoms with E-state index in [2.05, 4.69) is 62.4 Å². The quantitative estimate of drug-likeness (QED) is 0.125. The minimum Gasteiger partial charge on any atom is -0.493 e. The van der Waals surface area contributed by atoms with Crippen LogP contribution in [0.5, 0.6) is 11.5 Å². The summed E-state index contributed by atoms with van der Waals surface area (Å²) in [6.07, 6.45) is 7.28. The van der Waals surface area contributed by atoms with Crippen LogP contribution < -0.4 is 9.47 Å². The van der Waals surface area contributed by atoms with Gasteiger partial charge in [-0.05, 0) is 57.2 Å². The lowest BCUT2D eigenvalue weighted by atomic mass is 10.0. The third kappa shape index (κ3) is 5.62. The molecule has 0 spiro atoms. The first-order valence-corrected chi connectivity index (χ1v) is 11.4. The lowest BCUT2D eigenvalue weighted by molar-refractivity contribution is -0.129. The van der Waals surface area contributed by atoms with Crippen molar-refractivity contribution in [3.63, 3.8) is 0 Å². The smallest absolute Gasteiger partial charge is 0.336 e. The van der Waals surface area contributed by atoms with Crippen LogP contribution in [0.2, 0.25) is 0 Å². The molecule has 0 aliphatic carbocycles. The first-order valence-electron chi connectivity index (χ1n) is 11.4. The third-order valence-electron chi connectivity index (χ3n) is 5.69. The van der Waals surface area contributed by atoms with E-state index in [1.165, 1.54) is 22.4 Å². The van der Waals surface area contributed by atoms with Crippen molar-refractivity contribution in [2.45, 2.75) is 19.8 Å². The Morgan fingerprint density at radius 2 is 1.50 bits per heavy atom. The largest absolute Gasteiger partial charge is 0.493 e. The second kappa shape index (κ2) is 10.7. The Bertz CT molecular complexity index is 1340. The van der Waals surface area contributed by atoms with E-state index in [0.717, 1.165) is 16.7 Å². The van der Waals surface area contributed by atoms with Crippen molar-refractivity contribution in [3.05, 3.63) is 113 Å². The van der Waals surface area contributed by atoms with Gasteiger partial charge in [0.15, 0.2) is 11.5 Å². The summed E-state index contributed by atoms with van der Waals surface area (Å²) in [5.74, 6) is 0.906. The van der Waals surface area contributed by atoms with Crippen LogP contribution in [0.4, 0.5) is 0 Å². The minimum atomic E-state index is -0.453. The van der Waals surface area contributed by atoms with E-state index in [1.54, 1.807) is 19.3 Å². The predicted octanol–water partition coefficient (Wildman–Crippen LogP) is 7.76. The number of carbonyl (C=O) groups is 1. The van der Waals surface area contributed by atoms with Crippen molar-refractivity contribution in [1.82, 2.24) is 0 Å². The van der Waals surface area contributed by atoms with Crippen LogP contribution in [-0.2, 0) is 4.79 Å². The number of methoxy groups -OCH3 is 1. The van der Waals surface area contributed by atoms with Crippen molar-refractivity contribution in [2.75, 3.05) is 7.11 Å². The molecule has 0 atom stereocenters. The number of hydrogen-bond donors (Lipinski definition) is 0. The molecule has 0 fully saturated rings. The molecular weight excluding hydrogens is 420 g/mol. The second-order valence-corrected chi connectivity index (χ2v) is 8.39. The molecule has 0 aliphatic rings. The Labute approximate surface area is 201 Å². The average Bonchev–Trinajstić information content (AvgIpc) is 2.87. The summed E-state index contributed by atoms with van der Waals surface area (Å²) in [6, 6.07) is 28.2. The molecule has 4 aromatic rings. The molecule has 0 aromatic heterocycles. The molecule has 3 nitrogen and oxygen atoms in total. The van der Waals surface area contributed by atoms with Gasteiger partial charge in [0.2, 0.25) is 0 Å². The summed E-state index contributed by atoms with van der Waals surface area (Å²) in [4.78, 5) is 12.4. The zero-order valence-corrected chi connectivity index (χ0v) is 19.7. The fraction of sp³-hybridized carbons (Fsp3) is 0.129. The van der Waals surface area contributed by atoms with E-state index < -0.39 is 5.97 Å². The lowest BCUT2D eigenvalue weighted by Gasteiger charge is -2.09. The molecule has 0 heterocycles. The third-order valence-corrected chi connectivity index (χ3v) is 5.69. The molecule has 170 valence electrons. The monoisotopic (exact) mass is 448 g/mol. The molecule has 0 radical (unpaired) electrons. The first kappa shape index (κ1) is 23.1. The van der Waals surface area contributed by atoms with Gasteiger partial charge >= 0.3 is 5.97 Å². The fourth-order valence-corrected chi connectivity index (χ4v) is 3.75. The molecule has 0 N–H and O–H groups in total. The first-order chi connectivity index (χ1) is 16.5. The molecule has 0 bridgehead atoms. The highest BCUT2D eigenvalue weighted by molar-refractivity contribution is 5.93. The maximum atomic E-state index is 12.4. The zero-order chi connectivity index (χ0) is 23.9. The standard InChI is InChI=1S/C31H28O3/c1-22(2)25-16-11-23(12-17-25)15-20-31(32)34-29-19-14-24(21-30(29)33-3)13-18-27-9-6-8-26-7-4-5-10-28(26)27/h4-22H,1-3H3/b18-13+,20-15+. The summed E-state index contributed by atoms with van der Waals surface area (Å²) in [7, 11) is 1.57. The van der Waals surface area contributed by atoms with Gasteiger partial charge in [-0.3, -0.25) is 0 Å². The van der Waals surface area contributed by atoms with Gasteiger partial charge in [-0.2, -0.15) is 0 Å². The predicted molar refractivity (Wildman–Crippen MR) is 141 cm³/mol. The molecule has 0 saturated carbocycles. The summed E-state index contributed by atoms with van der Waals surface area (Å²) in [5, 5.41) is 2.40. The Kier molecular flexibility index (Phi) is 7.24. The van der Waals surface area contributed by atoms with Crippen LogP contribution >= 0.6 is 0 Å². The van der Waals surface area contributed by atoms with Gasteiger partial charge in [-0.1, -0.05) is 98.8 Å². The number of benzene rings is 4. The molecule has 0 aliphatic heterocycles. The lowest BCUT2D eigenvalue weighted by Crippen LogP contribution is -2.05. The van der Waals surface area contributed by atoms with Crippen LogP contribution in [0.3, 0.4) is 0 Å². The van der Waals surface area contributed by atoms with Crippen LogP contribution in [0, 0.1) is 0 Å². The number of ether oxygens (including phenoxy) is 2. The second-order valence-electron chi connectivity index (χ2n) is 8.39. The van der Waals surface area contributed by atoms with E-state index in [9.17, 15) is 4.79 Å². The van der Waals surface area contributed by atoms with E-state index in [1.807, 2.05) is 42.5 Å². The van der Waals surface area contributed by atoms with Gasteiger partial charge in [0.05, 0.1) is 7.11 Å². The SMILES string of the molecule is COc1cc(/C=C/c2cccc3ccccc23)ccc1OC(=O)/C=C/c1ccc(C(C)C)cc1. The number of rotatable bonds is 7. The maximum absolute atomic E-state index is 12.4. The summed E-state index contributed by atoms with van der Waals surface area (Å²) >= 11 is 0. The van der Waals surface area contributed by atoms with Gasteiger partial charge in [0, 0.05) is 6.08 Å². The van der Waals surface area contributed by atoms with Crippen LogP contribution in [0.1, 0.15) is 42.0 Å². The van der Waals surface area contributed by atoms with Gasteiger partial charge in [0.1, 0.15) is 0 Å². The molecule has 3 heteroatoms. The number of carbonyl (C=O) groups excluding carboxylic acids is 1. The van der Waals surface area contributed by atoms with Gasteiger partial charge in [0.25, 0.3) is 0 Å². The highest BCUT2D eigenvalue weighted by atomic mass is 16.6. The highest BCUT2D eigenvalue weighted by Crippen LogP contribution is 2.29. The van der Waals surface area contributed by atoms with Crippen LogP contribution in [-0.4, -0.2) is 13.1 Å². The minimum absolute atomic E-state index is 0.384. The number of fused-ring (bicyclic) bond motifs is 1. The molecule has 4 rings (SSSR count). The molecule has 4 aromatic carbocycles. The maximum Gasteiger partial charge on any atom is 0.336 e. The van der Waals surface area contributed by atoms with Gasteiger partial charge < -0.3 is 9.47 Å². The molecule has 0 amide bonds. The average molecular weight is 449 g/mol. The Morgan fingerprint density at radius 3 is 2.26 bits per heavy atom. The molecular formula is C31H28O3. The molecule has 0 saturated heterocycles. The topological polar surface area (TPSA) is 35.5 Å². The molecule has 0 unspecified atom stereocenters. The van der Waals surface area contributed by atoms with Crippen molar-refractivity contribution >= 4 is 35.0 Å². The highest BCUT2D eigenvalue weighted by Gasteiger charge is 2.09. The Morgan fingerprint density at radius 1 is 0.765 bits per heavy atom. The Hall–Kier alpha value is -4.11. The van der Waals surface area contributed by atoms with E-state index in [-0.39, 0.29) is 0 Å². The Balaban J connectivity index is 1.46. The van der Waals surface area contributed by atoms with Crippen molar-refractivity contribution in [1.29, 1.82) is 0 Å². The number of hydrogen-bond acceptors (Lipinski definition) is 3. The molecule has 34 heavy (non-hydrogen) atoms.